The van der Waals surface area contributed by atoms with Crippen LogP contribution < -0.4 is 5.32 Å². The molecule has 0 saturated carbocycles. The molecule has 2 rings (SSSR count). The lowest BCUT2D eigenvalue weighted by atomic mass is 10.0. The first-order chi connectivity index (χ1) is 10.1. The van der Waals surface area contributed by atoms with Gasteiger partial charge in [0.25, 0.3) is 0 Å². The van der Waals surface area contributed by atoms with Gasteiger partial charge in [-0.25, -0.2) is 4.39 Å². The van der Waals surface area contributed by atoms with Crippen molar-refractivity contribution in [1.29, 1.82) is 5.26 Å². The molecule has 0 atom stereocenters. The highest BCUT2D eigenvalue weighted by Crippen LogP contribution is 2.15. The highest BCUT2D eigenvalue weighted by atomic mass is 19.1. The number of halogens is 1. The van der Waals surface area contributed by atoms with E-state index in [-0.39, 0.29) is 5.82 Å². The second kappa shape index (κ2) is 7.01. The van der Waals surface area contributed by atoms with Gasteiger partial charge in [-0.1, -0.05) is 38.1 Å². The van der Waals surface area contributed by atoms with Crippen LogP contribution in [0.3, 0.4) is 0 Å². The Morgan fingerprint density at radius 1 is 1.05 bits per heavy atom. The summed E-state index contributed by atoms with van der Waals surface area (Å²) in [5, 5.41) is 12.1. The van der Waals surface area contributed by atoms with Gasteiger partial charge in [0.1, 0.15) is 5.82 Å². The molecule has 0 aliphatic heterocycles. The van der Waals surface area contributed by atoms with Crippen molar-refractivity contribution >= 4 is 0 Å². The zero-order chi connectivity index (χ0) is 15.2. The Hall–Kier alpha value is -2.18. The van der Waals surface area contributed by atoms with Crippen molar-refractivity contribution in [1.82, 2.24) is 5.32 Å². The van der Waals surface area contributed by atoms with Crippen LogP contribution in [0.4, 0.5) is 4.39 Å². The number of hydrogen-bond acceptors (Lipinski definition) is 2. The Morgan fingerprint density at radius 3 is 2.33 bits per heavy atom. The van der Waals surface area contributed by atoms with E-state index in [1.807, 2.05) is 6.07 Å². The zero-order valence-electron chi connectivity index (χ0n) is 12.4. The largest absolute Gasteiger partial charge is 0.309 e. The fraction of sp³-hybridized carbons (Fsp3) is 0.278. The maximum Gasteiger partial charge on any atom is 0.124 e. The molecule has 0 radical (unpaired) electrons. The lowest BCUT2D eigenvalue weighted by molar-refractivity contribution is 0.619. The van der Waals surface area contributed by atoms with Gasteiger partial charge in [0, 0.05) is 13.1 Å². The van der Waals surface area contributed by atoms with Crippen LogP contribution in [-0.2, 0) is 13.1 Å². The molecule has 2 aromatic carbocycles. The van der Waals surface area contributed by atoms with Crippen LogP contribution in [0.1, 0.15) is 42.0 Å². The van der Waals surface area contributed by atoms with Gasteiger partial charge < -0.3 is 5.32 Å². The van der Waals surface area contributed by atoms with Crippen LogP contribution in [0.5, 0.6) is 0 Å². The maximum absolute atomic E-state index is 13.3. The average Bonchev–Trinajstić information content (AvgIpc) is 2.47. The molecule has 0 bridgehead atoms. The summed E-state index contributed by atoms with van der Waals surface area (Å²) < 4.78 is 13.3. The minimum atomic E-state index is -0.368. The standard InChI is InChI=1S/C18H19FN2/c1-13(2)17-5-3-14(4-6-17)11-21-12-16-7-15(10-20)8-18(19)9-16/h3-9,13,21H,11-12H2,1-2H3. The third-order valence-corrected chi connectivity index (χ3v) is 3.39. The van der Waals surface area contributed by atoms with Crippen LogP contribution in [-0.4, -0.2) is 0 Å². The van der Waals surface area contributed by atoms with E-state index in [0.717, 1.165) is 12.1 Å². The summed E-state index contributed by atoms with van der Waals surface area (Å²) >= 11 is 0. The molecule has 1 N–H and O–H groups in total. The van der Waals surface area contributed by atoms with Crippen molar-refractivity contribution in [3.05, 3.63) is 70.5 Å². The summed E-state index contributed by atoms with van der Waals surface area (Å²) in [5.74, 6) is 0.163. The van der Waals surface area contributed by atoms with E-state index in [9.17, 15) is 4.39 Å². The molecule has 0 heterocycles. The second-order valence-corrected chi connectivity index (χ2v) is 5.46. The highest BCUT2D eigenvalue weighted by molar-refractivity contribution is 5.33. The molecule has 0 aromatic heterocycles. The predicted octanol–water partition coefficient (Wildman–Crippen LogP) is 4.11. The van der Waals surface area contributed by atoms with Gasteiger partial charge in [0.15, 0.2) is 0 Å². The van der Waals surface area contributed by atoms with E-state index >= 15 is 0 Å². The van der Waals surface area contributed by atoms with Crippen molar-refractivity contribution in [2.75, 3.05) is 0 Å². The van der Waals surface area contributed by atoms with Crippen molar-refractivity contribution in [2.45, 2.75) is 32.9 Å². The number of hydrogen-bond donors (Lipinski definition) is 1. The molecule has 21 heavy (non-hydrogen) atoms. The van der Waals surface area contributed by atoms with Crippen LogP contribution in [0.2, 0.25) is 0 Å². The predicted molar refractivity (Wildman–Crippen MR) is 82.2 cm³/mol. The number of rotatable bonds is 5. The Labute approximate surface area is 125 Å². The Balaban J connectivity index is 1.92. The minimum Gasteiger partial charge on any atom is -0.309 e. The fourth-order valence-corrected chi connectivity index (χ4v) is 2.19. The number of nitriles is 1. The van der Waals surface area contributed by atoms with Gasteiger partial charge in [-0.3, -0.25) is 0 Å². The molecule has 0 saturated heterocycles. The molecular weight excluding hydrogens is 263 g/mol. The summed E-state index contributed by atoms with van der Waals surface area (Å²) in [6.45, 7) is 5.60. The number of nitrogens with one attached hydrogen (secondary N) is 1. The van der Waals surface area contributed by atoms with Crippen molar-refractivity contribution in [3.8, 4) is 6.07 Å². The van der Waals surface area contributed by atoms with E-state index in [0.29, 0.717) is 18.0 Å². The van der Waals surface area contributed by atoms with E-state index in [1.54, 1.807) is 6.07 Å². The van der Waals surface area contributed by atoms with Crippen LogP contribution in [0.25, 0.3) is 0 Å². The van der Waals surface area contributed by atoms with Crippen molar-refractivity contribution in [2.24, 2.45) is 0 Å². The van der Waals surface area contributed by atoms with Gasteiger partial charge in [0.2, 0.25) is 0 Å². The summed E-state index contributed by atoms with van der Waals surface area (Å²) in [7, 11) is 0. The highest BCUT2D eigenvalue weighted by Gasteiger charge is 2.02. The quantitative estimate of drug-likeness (QED) is 0.895. The fourth-order valence-electron chi connectivity index (χ4n) is 2.19. The van der Waals surface area contributed by atoms with E-state index in [1.165, 1.54) is 23.3 Å². The first-order valence-corrected chi connectivity index (χ1v) is 7.07. The van der Waals surface area contributed by atoms with Gasteiger partial charge >= 0.3 is 0 Å². The lowest BCUT2D eigenvalue weighted by Gasteiger charge is -2.08. The van der Waals surface area contributed by atoms with E-state index in [2.05, 4.69) is 43.4 Å². The third kappa shape index (κ3) is 4.40. The summed E-state index contributed by atoms with van der Waals surface area (Å²) in [5.41, 5.74) is 3.65. The molecule has 0 aliphatic rings. The Bertz CT molecular complexity index is 639. The maximum atomic E-state index is 13.3. The minimum absolute atomic E-state index is 0.355. The van der Waals surface area contributed by atoms with Crippen LogP contribution in [0.15, 0.2) is 42.5 Å². The Kier molecular flexibility index (Phi) is 5.08. The molecule has 2 nitrogen and oxygen atoms in total. The van der Waals surface area contributed by atoms with E-state index < -0.39 is 0 Å². The van der Waals surface area contributed by atoms with Gasteiger partial charge in [-0.05, 0) is 40.8 Å². The van der Waals surface area contributed by atoms with Crippen molar-refractivity contribution in [3.63, 3.8) is 0 Å². The second-order valence-electron chi connectivity index (χ2n) is 5.46. The smallest absolute Gasteiger partial charge is 0.124 e. The summed E-state index contributed by atoms with van der Waals surface area (Å²) in [6, 6.07) is 14.9. The molecule has 0 aliphatic carbocycles. The third-order valence-electron chi connectivity index (χ3n) is 3.39. The average molecular weight is 282 g/mol. The van der Waals surface area contributed by atoms with Crippen LogP contribution in [0, 0.1) is 17.1 Å². The molecular formula is C18H19FN2. The molecule has 0 fully saturated rings. The first kappa shape index (κ1) is 15.2. The molecule has 0 amide bonds. The summed E-state index contributed by atoms with van der Waals surface area (Å²) in [4.78, 5) is 0. The molecule has 0 unspecified atom stereocenters. The van der Waals surface area contributed by atoms with Gasteiger partial charge in [0.05, 0.1) is 11.6 Å². The zero-order valence-corrected chi connectivity index (χ0v) is 12.4. The molecule has 2 aromatic rings. The summed E-state index contributed by atoms with van der Waals surface area (Å²) in [6.07, 6.45) is 0. The topological polar surface area (TPSA) is 35.8 Å². The first-order valence-electron chi connectivity index (χ1n) is 7.07. The van der Waals surface area contributed by atoms with Crippen molar-refractivity contribution < 1.29 is 4.39 Å². The number of benzene rings is 2. The molecule has 108 valence electrons. The Morgan fingerprint density at radius 2 is 1.71 bits per heavy atom. The van der Waals surface area contributed by atoms with E-state index in [4.69, 9.17) is 5.26 Å². The molecule has 3 heteroatoms. The lowest BCUT2D eigenvalue weighted by Crippen LogP contribution is -2.13. The van der Waals surface area contributed by atoms with Gasteiger partial charge in [-0.2, -0.15) is 5.26 Å². The monoisotopic (exact) mass is 282 g/mol. The van der Waals surface area contributed by atoms with Gasteiger partial charge in [-0.15, -0.1) is 0 Å². The number of nitrogens with zero attached hydrogens (tertiary/aromatic N) is 1. The SMILES string of the molecule is CC(C)c1ccc(CNCc2cc(F)cc(C#N)c2)cc1. The molecule has 0 spiro atoms. The van der Waals surface area contributed by atoms with Crippen LogP contribution >= 0.6 is 0 Å². The normalized spacial score (nSPS) is 10.6.